The van der Waals surface area contributed by atoms with E-state index in [1.165, 1.54) is 0 Å². The second-order valence-electron chi connectivity index (χ2n) is 13.8. The average molecular weight is 787 g/mol. The zero-order chi connectivity index (χ0) is 41.5. The van der Waals surface area contributed by atoms with Crippen molar-refractivity contribution in [2.24, 2.45) is 0 Å². The second-order valence-corrected chi connectivity index (χ2v) is 13.8. The summed E-state index contributed by atoms with van der Waals surface area (Å²) in [5, 5.41) is 0. The zero-order valence-electron chi connectivity index (χ0n) is 36.0. The summed E-state index contributed by atoms with van der Waals surface area (Å²) in [5.74, 6) is -1.07. The van der Waals surface area contributed by atoms with Gasteiger partial charge in [-0.2, -0.15) is 0 Å². The lowest BCUT2D eigenvalue weighted by atomic mass is 10.1. The van der Waals surface area contributed by atoms with E-state index in [9.17, 15) is 14.4 Å². The molecule has 0 spiro atoms. The lowest BCUT2D eigenvalue weighted by Crippen LogP contribution is -2.30. The number of carbonyl (C=O) groups excluding carboxylic acids is 3. The highest BCUT2D eigenvalue weighted by molar-refractivity contribution is 5.71. The summed E-state index contributed by atoms with van der Waals surface area (Å²) in [6, 6.07) is 0. The molecule has 0 N–H and O–H groups in total. The summed E-state index contributed by atoms with van der Waals surface area (Å²) < 4.78 is 16.6. The van der Waals surface area contributed by atoms with E-state index < -0.39 is 6.10 Å². The zero-order valence-corrected chi connectivity index (χ0v) is 36.0. The van der Waals surface area contributed by atoms with Crippen LogP contribution in [0.3, 0.4) is 0 Å². The number of unbranched alkanes of at least 4 members (excludes halogenated alkanes) is 6. The number of ether oxygens (including phenoxy) is 3. The van der Waals surface area contributed by atoms with Crippen molar-refractivity contribution in [1.82, 2.24) is 0 Å². The molecule has 0 aromatic heterocycles. The number of allylic oxidation sites excluding steroid dienone is 20. The highest BCUT2D eigenvalue weighted by Gasteiger charge is 2.19. The summed E-state index contributed by atoms with van der Waals surface area (Å²) in [4.78, 5) is 37.7. The van der Waals surface area contributed by atoms with E-state index in [4.69, 9.17) is 14.2 Å². The first-order valence-corrected chi connectivity index (χ1v) is 22.0. The summed E-state index contributed by atoms with van der Waals surface area (Å²) in [6.45, 7) is 6.13. The Morgan fingerprint density at radius 2 is 0.649 bits per heavy atom. The van der Waals surface area contributed by atoms with Crippen LogP contribution in [0, 0.1) is 0 Å². The van der Waals surface area contributed by atoms with Gasteiger partial charge in [0.25, 0.3) is 0 Å². The van der Waals surface area contributed by atoms with Crippen molar-refractivity contribution in [3.8, 4) is 0 Å². The third-order valence-corrected chi connectivity index (χ3v) is 8.44. The molecule has 0 rings (SSSR count). The Kier molecular flexibility index (Phi) is 41.3. The minimum Gasteiger partial charge on any atom is -0.462 e. The molecule has 1 atom stereocenters. The molecule has 0 aliphatic carbocycles. The largest absolute Gasteiger partial charge is 0.462 e. The predicted molar refractivity (Wildman–Crippen MR) is 242 cm³/mol. The van der Waals surface area contributed by atoms with Crippen LogP contribution in [0.15, 0.2) is 122 Å². The molecule has 318 valence electrons. The summed E-state index contributed by atoms with van der Waals surface area (Å²) in [5.41, 5.74) is 0. The average Bonchev–Trinajstić information content (AvgIpc) is 3.21. The number of esters is 3. The van der Waals surface area contributed by atoms with Crippen molar-refractivity contribution in [3.05, 3.63) is 122 Å². The third-order valence-electron chi connectivity index (χ3n) is 8.44. The first-order chi connectivity index (χ1) is 28.0. The highest BCUT2D eigenvalue weighted by atomic mass is 16.6. The predicted octanol–water partition coefficient (Wildman–Crippen LogP) is 14.2. The van der Waals surface area contributed by atoms with Gasteiger partial charge in [-0.3, -0.25) is 14.4 Å². The fraction of sp³-hybridized carbons (Fsp3) is 0.549. The molecule has 0 saturated heterocycles. The molecule has 0 heterocycles. The van der Waals surface area contributed by atoms with E-state index in [1.54, 1.807) is 0 Å². The van der Waals surface area contributed by atoms with E-state index in [0.29, 0.717) is 19.3 Å². The van der Waals surface area contributed by atoms with Crippen LogP contribution >= 0.6 is 0 Å². The van der Waals surface area contributed by atoms with Crippen molar-refractivity contribution in [1.29, 1.82) is 0 Å². The Balaban J connectivity index is 4.57. The maximum Gasteiger partial charge on any atom is 0.306 e. The maximum absolute atomic E-state index is 12.7. The molecule has 0 amide bonds. The van der Waals surface area contributed by atoms with Gasteiger partial charge in [0.05, 0.1) is 0 Å². The molecule has 0 radical (unpaired) electrons. The minimum atomic E-state index is -0.832. The fourth-order valence-electron chi connectivity index (χ4n) is 5.23. The van der Waals surface area contributed by atoms with Gasteiger partial charge in [-0.05, 0) is 116 Å². The van der Waals surface area contributed by atoms with Crippen molar-refractivity contribution >= 4 is 17.9 Å². The van der Waals surface area contributed by atoms with Gasteiger partial charge in [-0.25, -0.2) is 0 Å². The van der Waals surface area contributed by atoms with E-state index in [0.717, 1.165) is 109 Å². The van der Waals surface area contributed by atoms with Gasteiger partial charge in [0.2, 0.25) is 0 Å². The van der Waals surface area contributed by atoms with Crippen LogP contribution in [0.4, 0.5) is 0 Å². The Hall–Kier alpha value is -4.19. The molecule has 0 bridgehead atoms. The van der Waals surface area contributed by atoms with Crippen molar-refractivity contribution < 1.29 is 28.6 Å². The lowest BCUT2D eigenvalue weighted by molar-refractivity contribution is -0.167. The van der Waals surface area contributed by atoms with Gasteiger partial charge >= 0.3 is 17.9 Å². The smallest absolute Gasteiger partial charge is 0.306 e. The molecule has 57 heavy (non-hydrogen) atoms. The summed E-state index contributed by atoms with van der Waals surface area (Å²) in [6.07, 6.45) is 60.5. The maximum atomic E-state index is 12.7. The van der Waals surface area contributed by atoms with Gasteiger partial charge in [-0.1, -0.05) is 149 Å². The van der Waals surface area contributed by atoms with Crippen LogP contribution in [0.5, 0.6) is 0 Å². The summed E-state index contributed by atoms with van der Waals surface area (Å²) >= 11 is 0. The molecule has 0 aliphatic heterocycles. The van der Waals surface area contributed by atoms with Crippen LogP contribution in [0.25, 0.3) is 0 Å². The van der Waals surface area contributed by atoms with Crippen molar-refractivity contribution in [2.75, 3.05) is 13.2 Å². The monoisotopic (exact) mass is 787 g/mol. The fourth-order valence-corrected chi connectivity index (χ4v) is 5.23. The van der Waals surface area contributed by atoms with E-state index in [-0.39, 0.29) is 44.0 Å². The standard InChI is InChI=1S/C51H78O6/c1-4-7-10-13-16-19-22-24-25-26-27-30-32-35-38-41-44-50(53)56-47-48(46-55-49(52)43-40-37-34-31-28-21-18-15-12-9-6-3)57-51(54)45-42-39-36-33-29-23-20-17-14-11-8-5-2/h7-12,16-21,24-25,27,29-31,33-34,48H,4-6,13-15,22-23,26,28,32,35-47H2,1-3H3/b10-7-,11-8-,12-9-,19-16-,20-17-,21-18-,25-24-,30-27-,33-29-,34-31-. The van der Waals surface area contributed by atoms with Crippen molar-refractivity contribution in [2.45, 2.75) is 168 Å². The highest BCUT2D eigenvalue weighted by Crippen LogP contribution is 2.10. The lowest BCUT2D eigenvalue weighted by Gasteiger charge is -2.18. The number of rotatable bonds is 37. The van der Waals surface area contributed by atoms with Gasteiger partial charge in [0.1, 0.15) is 13.2 Å². The van der Waals surface area contributed by atoms with Gasteiger partial charge in [0.15, 0.2) is 6.10 Å². The first-order valence-electron chi connectivity index (χ1n) is 22.0. The van der Waals surface area contributed by atoms with Crippen LogP contribution in [0.2, 0.25) is 0 Å². The molecule has 0 aromatic rings. The molecule has 0 saturated carbocycles. The number of hydrogen-bond donors (Lipinski definition) is 0. The Morgan fingerprint density at radius 1 is 0.351 bits per heavy atom. The summed E-state index contributed by atoms with van der Waals surface area (Å²) in [7, 11) is 0. The normalized spacial score (nSPS) is 13.2. The van der Waals surface area contributed by atoms with Crippen LogP contribution < -0.4 is 0 Å². The molecular formula is C51H78O6. The van der Waals surface area contributed by atoms with Crippen LogP contribution in [0.1, 0.15) is 162 Å². The van der Waals surface area contributed by atoms with E-state index in [1.807, 2.05) is 0 Å². The van der Waals surface area contributed by atoms with Crippen LogP contribution in [-0.4, -0.2) is 37.2 Å². The van der Waals surface area contributed by atoms with E-state index in [2.05, 4.69) is 142 Å². The number of carbonyl (C=O) groups is 3. The van der Waals surface area contributed by atoms with Crippen molar-refractivity contribution in [3.63, 3.8) is 0 Å². The molecule has 0 aromatic carbocycles. The minimum absolute atomic E-state index is 0.130. The van der Waals surface area contributed by atoms with E-state index >= 15 is 0 Å². The molecule has 1 unspecified atom stereocenters. The third kappa shape index (κ3) is 42.8. The molecular weight excluding hydrogens is 709 g/mol. The molecule has 0 fully saturated rings. The topological polar surface area (TPSA) is 78.9 Å². The second kappa shape index (κ2) is 44.5. The van der Waals surface area contributed by atoms with Gasteiger partial charge in [-0.15, -0.1) is 0 Å². The van der Waals surface area contributed by atoms with Gasteiger partial charge in [0, 0.05) is 19.3 Å². The Labute approximate surface area is 348 Å². The number of hydrogen-bond acceptors (Lipinski definition) is 6. The quantitative estimate of drug-likeness (QED) is 0.0270. The Morgan fingerprint density at radius 3 is 1.05 bits per heavy atom. The van der Waals surface area contributed by atoms with Crippen LogP contribution in [-0.2, 0) is 28.6 Å². The molecule has 0 aliphatic rings. The SMILES string of the molecule is CC/C=C\C/C=C\C/C=C\C/C=C\CCCCCC(=O)OCC(COC(=O)CCC/C=C\C/C=C\C/C=C\CC)OC(=O)CCCC/C=C\C/C=C\C/C=C\CC. The molecule has 6 heteroatoms. The van der Waals surface area contributed by atoms with Gasteiger partial charge < -0.3 is 14.2 Å². The molecule has 6 nitrogen and oxygen atoms in total. The first kappa shape index (κ1) is 52.8. The Bertz CT molecular complexity index is 1270.